The second-order valence-electron chi connectivity index (χ2n) is 6.59. The molecule has 9 heteroatoms. The van der Waals surface area contributed by atoms with Crippen molar-refractivity contribution in [1.29, 1.82) is 0 Å². The van der Waals surface area contributed by atoms with E-state index >= 15 is 0 Å². The van der Waals surface area contributed by atoms with Crippen LogP contribution >= 0.6 is 9.24 Å². The molecule has 0 saturated carbocycles. The van der Waals surface area contributed by atoms with Crippen LogP contribution in [0, 0.1) is 5.82 Å². The highest BCUT2D eigenvalue weighted by Gasteiger charge is 2.33. The zero-order chi connectivity index (χ0) is 22.1. The lowest BCUT2D eigenvalue weighted by Gasteiger charge is -2.20. The summed E-state index contributed by atoms with van der Waals surface area (Å²) in [6.07, 6.45) is 1.08. The predicted molar refractivity (Wildman–Crippen MR) is 113 cm³/mol. The SMILES string of the molecule is CCOc1cc(-c2ccc(S(C)(=O)=O)cc2)c(-c2ccc(F)cc2)c(C(F)(F)P)n1. The summed E-state index contributed by atoms with van der Waals surface area (Å²) >= 11 is 0. The number of hydrogen-bond donors (Lipinski definition) is 0. The van der Waals surface area contributed by atoms with Crippen LogP contribution in [-0.2, 0) is 15.5 Å². The Morgan fingerprint density at radius 1 is 1.03 bits per heavy atom. The van der Waals surface area contributed by atoms with Crippen LogP contribution in [0.5, 0.6) is 5.88 Å². The van der Waals surface area contributed by atoms with Gasteiger partial charge in [0.2, 0.25) is 5.88 Å². The van der Waals surface area contributed by atoms with Crippen molar-refractivity contribution in [3.05, 3.63) is 66.1 Å². The van der Waals surface area contributed by atoms with Gasteiger partial charge in [-0.2, -0.15) is 8.78 Å². The molecular weight excluding hydrogens is 434 g/mol. The van der Waals surface area contributed by atoms with Crippen molar-refractivity contribution < 1.29 is 26.3 Å². The predicted octanol–water partition coefficient (Wildman–Crippen LogP) is 5.28. The minimum absolute atomic E-state index is 0.00248. The third kappa shape index (κ3) is 4.82. The maximum Gasteiger partial charge on any atom is 0.300 e. The van der Waals surface area contributed by atoms with Gasteiger partial charge in [-0.25, -0.2) is 17.8 Å². The summed E-state index contributed by atoms with van der Waals surface area (Å²) in [5.41, 5.74) is -2.65. The molecule has 0 amide bonds. The third-order valence-corrected chi connectivity index (χ3v) is 5.73. The first kappa shape index (κ1) is 22.2. The van der Waals surface area contributed by atoms with Crippen LogP contribution in [0.4, 0.5) is 13.2 Å². The van der Waals surface area contributed by atoms with E-state index in [9.17, 15) is 21.6 Å². The number of nitrogens with zero attached hydrogens (tertiary/aromatic N) is 1. The molecule has 0 bridgehead atoms. The second-order valence-corrected chi connectivity index (χ2v) is 9.33. The van der Waals surface area contributed by atoms with Gasteiger partial charge in [0.25, 0.3) is 0 Å². The fraction of sp³-hybridized carbons (Fsp3) is 0.190. The van der Waals surface area contributed by atoms with Crippen molar-refractivity contribution in [3.63, 3.8) is 0 Å². The summed E-state index contributed by atoms with van der Waals surface area (Å²) < 4.78 is 71.4. The maximum atomic E-state index is 14.5. The van der Waals surface area contributed by atoms with E-state index in [-0.39, 0.29) is 22.9 Å². The smallest absolute Gasteiger partial charge is 0.300 e. The van der Waals surface area contributed by atoms with Crippen LogP contribution < -0.4 is 4.74 Å². The minimum Gasteiger partial charge on any atom is -0.478 e. The molecule has 2 aromatic carbocycles. The van der Waals surface area contributed by atoms with Crippen LogP contribution in [-0.4, -0.2) is 26.3 Å². The normalized spacial score (nSPS) is 12.1. The quantitative estimate of drug-likeness (QED) is 0.477. The average Bonchev–Trinajstić information content (AvgIpc) is 2.67. The van der Waals surface area contributed by atoms with Crippen molar-refractivity contribution in [2.24, 2.45) is 0 Å². The molecule has 1 atom stereocenters. The van der Waals surface area contributed by atoms with Crippen LogP contribution in [0.2, 0.25) is 0 Å². The Balaban J connectivity index is 2.33. The molecule has 0 aliphatic rings. The van der Waals surface area contributed by atoms with Gasteiger partial charge in [0.15, 0.2) is 9.84 Å². The fourth-order valence-corrected chi connectivity index (χ4v) is 3.84. The lowest BCUT2D eigenvalue weighted by Crippen LogP contribution is -2.11. The van der Waals surface area contributed by atoms with E-state index in [1.807, 2.05) is 0 Å². The van der Waals surface area contributed by atoms with Gasteiger partial charge in [-0.3, -0.25) is 0 Å². The molecule has 1 heterocycles. The van der Waals surface area contributed by atoms with Crippen molar-refractivity contribution in [3.8, 4) is 28.1 Å². The van der Waals surface area contributed by atoms with Gasteiger partial charge in [0.1, 0.15) is 11.5 Å². The van der Waals surface area contributed by atoms with E-state index in [1.54, 1.807) is 6.92 Å². The van der Waals surface area contributed by atoms with Crippen LogP contribution in [0.3, 0.4) is 0 Å². The highest BCUT2D eigenvalue weighted by atomic mass is 32.2. The van der Waals surface area contributed by atoms with Crippen LogP contribution in [0.15, 0.2) is 59.5 Å². The first-order valence-corrected chi connectivity index (χ1v) is 11.4. The number of pyridine rings is 1. The van der Waals surface area contributed by atoms with E-state index in [1.165, 1.54) is 63.8 Å². The lowest BCUT2D eigenvalue weighted by molar-refractivity contribution is 0.0983. The van der Waals surface area contributed by atoms with Gasteiger partial charge < -0.3 is 4.74 Å². The number of alkyl halides is 2. The molecule has 0 spiro atoms. The number of sulfone groups is 1. The fourth-order valence-electron chi connectivity index (χ4n) is 3.00. The third-order valence-electron chi connectivity index (χ3n) is 4.33. The first-order valence-electron chi connectivity index (χ1n) is 8.92. The van der Waals surface area contributed by atoms with E-state index in [0.717, 1.165) is 6.26 Å². The Morgan fingerprint density at radius 2 is 1.60 bits per heavy atom. The van der Waals surface area contributed by atoms with E-state index in [0.29, 0.717) is 16.7 Å². The number of benzene rings is 2. The topological polar surface area (TPSA) is 56.3 Å². The van der Waals surface area contributed by atoms with E-state index in [2.05, 4.69) is 4.98 Å². The Morgan fingerprint density at radius 3 is 2.10 bits per heavy atom. The Kier molecular flexibility index (Phi) is 6.20. The van der Waals surface area contributed by atoms with Crippen molar-refractivity contribution in [2.75, 3.05) is 12.9 Å². The number of rotatable bonds is 6. The Bertz CT molecular complexity index is 1160. The molecule has 4 nitrogen and oxygen atoms in total. The molecule has 1 aromatic heterocycles. The zero-order valence-corrected chi connectivity index (χ0v) is 18.2. The Hall–Kier alpha value is -2.44. The molecule has 3 rings (SSSR count). The van der Waals surface area contributed by atoms with Gasteiger partial charge in [0.05, 0.1) is 11.5 Å². The molecule has 3 aromatic rings. The van der Waals surface area contributed by atoms with Crippen molar-refractivity contribution >= 4 is 19.1 Å². The molecule has 0 fully saturated rings. The van der Waals surface area contributed by atoms with Crippen LogP contribution in [0.1, 0.15) is 12.6 Å². The van der Waals surface area contributed by atoms with Gasteiger partial charge in [-0.1, -0.05) is 33.5 Å². The Labute approximate surface area is 175 Å². The molecule has 1 unspecified atom stereocenters. The lowest BCUT2D eigenvalue weighted by atomic mass is 9.93. The number of halogens is 3. The molecule has 0 N–H and O–H groups in total. The number of aromatic nitrogens is 1. The summed E-state index contributed by atoms with van der Waals surface area (Å²) in [5.74, 6) is -0.501. The maximum absolute atomic E-state index is 14.5. The summed E-state index contributed by atoms with van der Waals surface area (Å²) in [5, 5.41) is 0. The number of hydrogen-bond acceptors (Lipinski definition) is 4. The van der Waals surface area contributed by atoms with Crippen molar-refractivity contribution in [1.82, 2.24) is 4.98 Å². The summed E-state index contributed by atoms with van der Waals surface area (Å²) in [6, 6.07) is 12.5. The molecule has 0 saturated heterocycles. The minimum atomic E-state index is -3.42. The zero-order valence-electron chi connectivity index (χ0n) is 16.2. The average molecular weight is 453 g/mol. The molecule has 0 aliphatic heterocycles. The molecule has 158 valence electrons. The highest BCUT2D eigenvalue weighted by molar-refractivity contribution is 7.90. The van der Waals surface area contributed by atoms with Crippen molar-refractivity contribution in [2.45, 2.75) is 17.5 Å². The van der Waals surface area contributed by atoms with Gasteiger partial charge in [-0.05, 0) is 47.9 Å². The van der Waals surface area contributed by atoms with Gasteiger partial charge in [-0.15, -0.1) is 0 Å². The highest BCUT2D eigenvalue weighted by Crippen LogP contribution is 2.45. The molecule has 0 aliphatic carbocycles. The van der Waals surface area contributed by atoms with Crippen LogP contribution in [0.25, 0.3) is 22.3 Å². The summed E-state index contributed by atoms with van der Waals surface area (Å²) in [6.45, 7) is 1.92. The summed E-state index contributed by atoms with van der Waals surface area (Å²) in [4.78, 5) is 4.09. The van der Waals surface area contributed by atoms with E-state index in [4.69, 9.17) is 4.74 Å². The molecule has 0 radical (unpaired) electrons. The second kappa shape index (κ2) is 8.36. The number of ether oxygens (including phenoxy) is 1. The monoisotopic (exact) mass is 453 g/mol. The van der Waals surface area contributed by atoms with E-state index < -0.39 is 27.0 Å². The summed E-state index contributed by atoms with van der Waals surface area (Å²) in [7, 11) is -1.96. The molecular formula is C21H19F3NO3PS. The molecule has 30 heavy (non-hydrogen) atoms. The largest absolute Gasteiger partial charge is 0.478 e. The van der Waals surface area contributed by atoms with Gasteiger partial charge >= 0.3 is 5.66 Å². The first-order chi connectivity index (χ1) is 14.0. The standard InChI is InChI=1S/C21H19F3NO3PS/c1-3-28-18-12-17(13-6-10-16(11-7-13)30(2,26)27)19(20(25-18)21(23,24)29)14-4-8-15(22)9-5-14/h4-12H,3,29H2,1-2H3. The van der Waals surface area contributed by atoms with Gasteiger partial charge in [0, 0.05) is 17.9 Å².